The second kappa shape index (κ2) is 10.6. The van der Waals surface area contributed by atoms with Gasteiger partial charge < -0.3 is 14.2 Å². The highest BCUT2D eigenvalue weighted by Crippen LogP contribution is 2.43. The lowest BCUT2D eigenvalue weighted by atomic mass is 9.69. The van der Waals surface area contributed by atoms with Crippen molar-refractivity contribution in [2.75, 3.05) is 13.2 Å². The summed E-state index contributed by atoms with van der Waals surface area (Å²) in [7, 11) is 0. The number of benzene rings is 3. The van der Waals surface area contributed by atoms with Crippen molar-refractivity contribution in [3.8, 4) is 11.5 Å². The zero-order chi connectivity index (χ0) is 24.1. The van der Waals surface area contributed by atoms with Gasteiger partial charge in [-0.15, -0.1) is 0 Å². The summed E-state index contributed by atoms with van der Waals surface area (Å²) in [5, 5.41) is 2.38. The smallest absolute Gasteiger partial charge is 0.197 e. The lowest BCUT2D eigenvalue weighted by Gasteiger charge is -2.36. The van der Waals surface area contributed by atoms with E-state index in [2.05, 4.69) is 90.1 Å². The van der Waals surface area contributed by atoms with Crippen molar-refractivity contribution < 1.29 is 14.2 Å². The van der Waals surface area contributed by atoms with E-state index in [9.17, 15) is 0 Å². The maximum absolute atomic E-state index is 5.97. The van der Waals surface area contributed by atoms with Gasteiger partial charge in [0, 0.05) is 0 Å². The van der Waals surface area contributed by atoms with Crippen LogP contribution in [0.15, 0.2) is 66.7 Å². The first-order valence-electron chi connectivity index (χ1n) is 12.0. The number of hydrogen-bond acceptors (Lipinski definition) is 3. The van der Waals surface area contributed by atoms with E-state index in [1.807, 2.05) is 25.1 Å². The normalized spacial score (nSPS) is 14.2. The zero-order valence-electron chi connectivity index (χ0n) is 21.4. The molecular formula is C30H40O3. The molecule has 0 spiro atoms. The summed E-state index contributed by atoms with van der Waals surface area (Å²) in [4.78, 5) is 0. The third-order valence-electron chi connectivity index (χ3n) is 5.87. The Bertz CT molecular complexity index is 1010. The molecule has 3 aromatic carbocycles. The minimum atomic E-state index is -0.343. The topological polar surface area (TPSA) is 27.7 Å². The summed E-state index contributed by atoms with van der Waals surface area (Å²) < 4.78 is 17.6. The van der Waals surface area contributed by atoms with Crippen LogP contribution in [-0.2, 0) is 4.74 Å². The van der Waals surface area contributed by atoms with Gasteiger partial charge in [0.15, 0.2) is 6.29 Å². The molecule has 2 unspecified atom stereocenters. The van der Waals surface area contributed by atoms with Crippen LogP contribution in [0.2, 0.25) is 0 Å². The second-order valence-corrected chi connectivity index (χ2v) is 11.2. The molecule has 0 amide bonds. The fourth-order valence-corrected chi connectivity index (χ4v) is 4.17. The Labute approximate surface area is 200 Å². The van der Waals surface area contributed by atoms with Crippen LogP contribution in [0.3, 0.4) is 0 Å². The van der Waals surface area contributed by atoms with Gasteiger partial charge in [0.25, 0.3) is 0 Å². The largest absolute Gasteiger partial charge is 0.491 e. The molecule has 3 heteroatoms. The first-order chi connectivity index (χ1) is 15.5. The monoisotopic (exact) mass is 448 g/mol. The standard InChI is InChI=1S/C30H40O3/c1-22(31-18-19-32-27-17-12-23-10-8-9-11-25(23)20-27)33-26-15-13-24(14-16-26)28(30(5,6)7)21-29(2,3)4/h8-17,20,22,28H,18-19,21H2,1-7H3. The van der Waals surface area contributed by atoms with Crippen LogP contribution in [0, 0.1) is 10.8 Å². The Kier molecular flexibility index (Phi) is 8.07. The van der Waals surface area contributed by atoms with Gasteiger partial charge >= 0.3 is 0 Å². The first-order valence-corrected chi connectivity index (χ1v) is 12.0. The van der Waals surface area contributed by atoms with E-state index in [1.54, 1.807) is 0 Å². The molecule has 0 radical (unpaired) electrons. The van der Waals surface area contributed by atoms with E-state index in [-0.39, 0.29) is 17.1 Å². The van der Waals surface area contributed by atoms with Crippen molar-refractivity contribution in [1.82, 2.24) is 0 Å². The molecule has 3 aromatic rings. The summed E-state index contributed by atoms with van der Waals surface area (Å²) in [5.74, 6) is 2.17. The van der Waals surface area contributed by atoms with Crippen molar-refractivity contribution in [2.45, 2.75) is 67.1 Å². The van der Waals surface area contributed by atoms with Gasteiger partial charge in [-0.25, -0.2) is 0 Å². The Balaban J connectivity index is 1.48. The molecule has 178 valence electrons. The average molecular weight is 449 g/mol. The van der Waals surface area contributed by atoms with Gasteiger partial charge in [-0.3, -0.25) is 0 Å². The van der Waals surface area contributed by atoms with Crippen molar-refractivity contribution in [3.05, 3.63) is 72.3 Å². The van der Waals surface area contributed by atoms with Crippen molar-refractivity contribution in [2.24, 2.45) is 10.8 Å². The molecule has 33 heavy (non-hydrogen) atoms. The molecule has 0 heterocycles. The van der Waals surface area contributed by atoms with Gasteiger partial charge in [-0.1, -0.05) is 84.0 Å². The molecule has 3 rings (SSSR count). The third kappa shape index (κ3) is 7.78. The number of hydrogen-bond donors (Lipinski definition) is 0. The van der Waals surface area contributed by atoms with Crippen molar-refractivity contribution >= 4 is 10.8 Å². The molecule has 0 saturated carbocycles. The van der Waals surface area contributed by atoms with E-state index < -0.39 is 0 Å². The van der Waals surface area contributed by atoms with Crippen LogP contribution >= 0.6 is 0 Å². The summed E-state index contributed by atoms with van der Waals surface area (Å²) in [5.41, 5.74) is 1.85. The molecule has 0 saturated heterocycles. The molecule has 0 aromatic heterocycles. The van der Waals surface area contributed by atoms with E-state index >= 15 is 0 Å². The average Bonchev–Trinajstić information content (AvgIpc) is 2.74. The summed E-state index contributed by atoms with van der Waals surface area (Å²) in [6.07, 6.45) is 0.803. The van der Waals surface area contributed by atoms with Crippen LogP contribution in [0.25, 0.3) is 10.8 Å². The molecule has 0 bridgehead atoms. The predicted molar refractivity (Wildman–Crippen MR) is 138 cm³/mol. The lowest BCUT2D eigenvalue weighted by Crippen LogP contribution is -2.24. The molecule has 2 atom stereocenters. The summed E-state index contributed by atoms with van der Waals surface area (Å²) in [6.45, 7) is 16.8. The van der Waals surface area contributed by atoms with Gasteiger partial charge in [-0.2, -0.15) is 0 Å². The maximum atomic E-state index is 5.97. The van der Waals surface area contributed by atoms with Crippen molar-refractivity contribution in [1.29, 1.82) is 0 Å². The van der Waals surface area contributed by atoms with E-state index in [1.165, 1.54) is 16.3 Å². The van der Waals surface area contributed by atoms with Gasteiger partial charge in [0.05, 0.1) is 6.61 Å². The fourth-order valence-electron chi connectivity index (χ4n) is 4.17. The Morgan fingerprint density at radius 1 is 0.727 bits per heavy atom. The SMILES string of the molecule is CC(OCCOc1ccc2ccccc2c1)Oc1ccc(C(CC(C)(C)C)C(C)(C)C)cc1. The zero-order valence-corrected chi connectivity index (χ0v) is 21.4. The number of rotatable bonds is 9. The van der Waals surface area contributed by atoms with E-state index in [4.69, 9.17) is 14.2 Å². The molecule has 0 aliphatic rings. The van der Waals surface area contributed by atoms with Crippen LogP contribution in [-0.4, -0.2) is 19.5 Å². The summed E-state index contributed by atoms with van der Waals surface area (Å²) >= 11 is 0. The van der Waals surface area contributed by atoms with Crippen LogP contribution in [0.4, 0.5) is 0 Å². The Morgan fingerprint density at radius 3 is 2.00 bits per heavy atom. The highest BCUT2D eigenvalue weighted by molar-refractivity contribution is 5.83. The van der Waals surface area contributed by atoms with Crippen LogP contribution < -0.4 is 9.47 Å². The maximum Gasteiger partial charge on any atom is 0.197 e. The second-order valence-electron chi connectivity index (χ2n) is 11.2. The third-order valence-corrected chi connectivity index (χ3v) is 5.87. The highest BCUT2D eigenvalue weighted by Gasteiger charge is 2.30. The van der Waals surface area contributed by atoms with Gasteiger partial charge in [0.1, 0.15) is 18.1 Å². The lowest BCUT2D eigenvalue weighted by molar-refractivity contribution is -0.0739. The van der Waals surface area contributed by atoms with E-state index in [0.29, 0.717) is 19.1 Å². The molecule has 3 nitrogen and oxygen atoms in total. The van der Waals surface area contributed by atoms with Crippen LogP contribution in [0.1, 0.15) is 66.4 Å². The number of ether oxygens (including phenoxy) is 3. The Morgan fingerprint density at radius 2 is 1.36 bits per heavy atom. The molecule has 0 aliphatic carbocycles. The Hall–Kier alpha value is -2.52. The van der Waals surface area contributed by atoms with Crippen molar-refractivity contribution in [3.63, 3.8) is 0 Å². The van der Waals surface area contributed by atoms with Gasteiger partial charge in [-0.05, 0) is 70.7 Å². The van der Waals surface area contributed by atoms with Gasteiger partial charge in [0.2, 0.25) is 0 Å². The molecule has 0 fully saturated rings. The highest BCUT2D eigenvalue weighted by atomic mass is 16.7. The molecular weight excluding hydrogens is 408 g/mol. The number of fused-ring (bicyclic) bond motifs is 1. The molecule has 0 aliphatic heterocycles. The van der Waals surface area contributed by atoms with E-state index in [0.717, 1.165) is 17.9 Å². The fraction of sp³-hybridized carbons (Fsp3) is 0.467. The first kappa shape index (κ1) is 25.1. The quantitative estimate of drug-likeness (QED) is 0.244. The minimum Gasteiger partial charge on any atom is -0.491 e. The predicted octanol–water partition coefficient (Wildman–Crippen LogP) is 8.23. The summed E-state index contributed by atoms with van der Waals surface area (Å²) in [6, 6.07) is 22.9. The molecule has 0 N–H and O–H groups in total. The van der Waals surface area contributed by atoms with Crippen LogP contribution in [0.5, 0.6) is 11.5 Å². The minimum absolute atomic E-state index is 0.205.